The van der Waals surface area contributed by atoms with E-state index in [-0.39, 0.29) is 17.9 Å². The molecule has 1 heterocycles. The van der Waals surface area contributed by atoms with Crippen LogP contribution in [0.3, 0.4) is 0 Å². The third-order valence-electron chi connectivity index (χ3n) is 3.61. The van der Waals surface area contributed by atoms with Crippen molar-refractivity contribution in [3.8, 4) is 0 Å². The van der Waals surface area contributed by atoms with Crippen molar-refractivity contribution in [2.24, 2.45) is 5.92 Å². The Kier molecular flexibility index (Phi) is 6.74. The summed E-state index contributed by atoms with van der Waals surface area (Å²) in [5.41, 5.74) is 1.77. The van der Waals surface area contributed by atoms with Crippen molar-refractivity contribution in [1.82, 2.24) is 10.3 Å². The van der Waals surface area contributed by atoms with E-state index in [1.165, 1.54) is 16.9 Å². The van der Waals surface area contributed by atoms with Gasteiger partial charge in [-0.2, -0.15) is 0 Å². The summed E-state index contributed by atoms with van der Waals surface area (Å²) in [6, 6.07) is 10.3. The van der Waals surface area contributed by atoms with E-state index < -0.39 is 0 Å². The second-order valence-electron chi connectivity index (χ2n) is 6.01. The standard InChI is InChI=1S/C18H24N2O2S/c1-13(10-14(2)21)11-19-18(22)16-12-23-17(20-16)9-8-15-6-4-3-5-7-15/h3-7,12-14,21H,8-11H2,1-2H3,(H,19,22). The fraction of sp³-hybridized carbons (Fsp3) is 0.444. The minimum Gasteiger partial charge on any atom is -0.393 e. The number of carbonyl (C=O) groups excluding carboxylic acids is 1. The number of benzene rings is 1. The molecule has 0 aliphatic carbocycles. The highest BCUT2D eigenvalue weighted by Crippen LogP contribution is 2.13. The second kappa shape index (κ2) is 8.79. The maximum atomic E-state index is 12.1. The van der Waals surface area contributed by atoms with E-state index in [1.807, 2.05) is 30.5 Å². The maximum Gasteiger partial charge on any atom is 0.270 e. The second-order valence-corrected chi connectivity index (χ2v) is 6.95. The van der Waals surface area contributed by atoms with Crippen molar-refractivity contribution in [3.63, 3.8) is 0 Å². The van der Waals surface area contributed by atoms with Crippen molar-refractivity contribution in [1.29, 1.82) is 0 Å². The number of rotatable bonds is 8. The first-order valence-corrected chi connectivity index (χ1v) is 8.87. The quantitative estimate of drug-likeness (QED) is 0.781. The molecule has 4 nitrogen and oxygen atoms in total. The molecule has 0 saturated carbocycles. The lowest BCUT2D eigenvalue weighted by Gasteiger charge is -2.13. The lowest BCUT2D eigenvalue weighted by molar-refractivity contribution is 0.0935. The monoisotopic (exact) mass is 332 g/mol. The molecule has 2 unspecified atom stereocenters. The molecule has 124 valence electrons. The van der Waals surface area contributed by atoms with Crippen LogP contribution in [0.1, 0.15) is 41.3 Å². The van der Waals surface area contributed by atoms with E-state index in [4.69, 9.17) is 0 Å². The number of aryl methyl sites for hydroxylation is 2. The van der Waals surface area contributed by atoms with Gasteiger partial charge in [0, 0.05) is 18.3 Å². The first-order valence-electron chi connectivity index (χ1n) is 7.99. The molecule has 5 heteroatoms. The molecule has 0 bridgehead atoms. The number of hydrogen-bond donors (Lipinski definition) is 2. The van der Waals surface area contributed by atoms with Gasteiger partial charge in [-0.1, -0.05) is 37.3 Å². The van der Waals surface area contributed by atoms with Gasteiger partial charge in [-0.25, -0.2) is 4.98 Å². The van der Waals surface area contributed by atoms with Gasteiger partial charge in [0.15, 0.2) is 0 Å². The number of amides is 1. The summed E-state index contributed by atoms with van der Waals surface area (Å²) in [4.78, 5) is 16.5. The SMILES string of the molecule is CC(O)CC(C)CNC(=O)c1csc(CCc2ccccc2)n1. The Morgan fingerprint density at radius 3 is 2.70 bits per heavy atom. The molecule has 0 spiro atoms. The van der Waals surface area contributed by atoms with Gasteiger partial charge >= 0.3 is 0 Å². The summed E-state index contributed by atoms with van der Waals surface area (Å²) >= 11 is 1.53. The molecule has 2 aromatic rings. The Bertz CT molecular complexity index is 610. The topological polar surface area (TPSA) is 62.2 Å². The van der Waals surface area contributed by atoms with Crippen LogP contribution in [0.25, 0.3) is 0 Å². The third-order valence-corrected chi connectivity index (χ3v) is 4.52. The Hall–Kier alpha value is -1.72. The smallest absolute Gasteiger partial charge is 0.270 e. The van der Waals surface area contributed by atoms with Crippen molar-refractivity contribution >= 4 is 17.2 Å². The van der Waals surface area contributed by atoms with Crippen LogP contribution in [0, 0.1) is 5.92 Å². The fourth-order valence-corrected chi connectivity index (χ4v) is 3.23. The number of carbonyl (C=O) groups is 1. The lowest BCUT2D eigenvalue weighted by atomic mass is 10.0. The van der Waals surface area contributed by atoms with Gasteiger partial charge in [-0.05, 0) is 31.2 Å². The zero-order valence-corrected chi connectivity index (χ0v) is 14.5. The molecule has 2 N–H and O–H groups in total. The molecule has 23 heavy (non-hydrogen) atoms. The molecule has 1 amide bonds. The number of aromatic nitrogens is 1. The molecule has 0 aliphatic heterocycles. The van der Waals surface area contributed by atoms with Crippen molar-refractivity contribution in [3.05, 3.63) is 52.0 Å². The number of nitrogens with one attached hydrogen (secondary N) is 1. The molecule has 0 fully saturated rings. The van der Waals surface area contributed by atoms with Gasteiger partial charge in [-0.15, -0.1) is 11.3 Å². The molecule has 2 rings (SSSR count). The number of aliphatic hydroxyl groups excluding tert-OH is 1. The Morgan fingerprint density at radius 1 is 1.26 bits per heavy atom. The van der Waals surface area contributed by atoms with Crippen LogP contribution in [0.4, 0.5) is 0 Å². The van der Waals surface area contributed by atoms with Crippen molar-refractivity contribution < 1.29 is 9.90 Å². The molecular formula is C18H24N2O2S. The van der Waals surface area contributed by atoms with Gasteiger partial charge in [0.25, 0.3) is 5.91 Å². The zero-order chi connectivity index (χ0) is 16.7. The van der Waals surface area contributed by atoms with Crippen LogP contribution in [0.2, 0.25) is 0 Å². The number of hydrogen-bond acceptors (Lipinski definition) is 4. The zero-order valence-electron chi connectivity index (χ0n) is 13.7. The normalized spacial score (nSPS) is 13.5. The van der Waals surface area contributed by atoms with Gasteiger partial charge < -0.3 is 10.4 Å². The van der Waals surface area contributed by atoms with E-state index in [9.17, 15) is 9.90 Å². The highest BCUT2D eigenvalue weighted by atomic mass is 32.1. The molecular weight excluding hydrogens is 308 g/mol. The van der Waals surface area contributed by atoms with E-state index in [0.717, 1.165) is 17.8 Å². The summed E-state index contributed by atoms with van der Waals surface area (Å²) in [5.74, 6) is 0.111. The number of nitrogens with zero attached hydrogens (tertiary/aromatic N) is 1. The third kappa shape index (κ3) is 6.12. The van der Waals surface area contributed by atoms with E-state index >= 15 is 0 Å². The maximum absolute atomic E-state index is 12.1. The van der Waals surface area contributed by atoms with Crippen LogP contribution in [0.15, 0.2) is 35.7 Å². The van der Waals surface area contributed by atoms with E-state index in [2.05, 4.69) is 22.4 Å². The summed E-state index contributed by atoms with van der Waals surface area (Å²) in [6.45, 7) is 4.33. The number of aliphatic hydroxyl groups is 1. The first-order chi connectivity index (χ1) is 11.0. The first kappa shape index (κ1) is 17.6. The van der Waals surface area contributed by atoms with Gasteiger partial charge in [0.2, 0.25) is 0 Å². The molecule has 0 radical (unpaired) electrons. The minimum absolute atomic E-state index is 0.135. The highest BCUT2D eigenvalue weighted by Gasteiger charge is 2.13. The van der Waals surface area contributed by atoms with Crippen LogP contribution >= 0.6 is 11.3 Å². The predicted molar refractivity (Wildman–Crippen MR) is 93.8 cm³/mol. The van der Waals surface area contributed by atoms with Crippen molar-refractivity contribution in [2.45, 2.75) is 39.2 Å². The Morgan fingerprint density at radius 2 is 2.00 bits per heavy atom. The van der Waals surface area contributed by atoms with Gasteiger partial charge in [-0.3, -0.25) is 4.79 Å². The summed E-state index contributed by atoms with van der Waals surface area (Å²) in [5, 5.41) is 15.0. The summed E-state index contributed by atoms with van der Waals surface area (Å²) < 4.78 is 0. The van der Waals surface area contributed by atoms with Crippen LogP contribution in [0.5, 0.6) is 0 Å². The predicted octanol–water partition coefficient (Wildman–Crippen LogP) is 3.07. The Balaban J connectivity index is 1.80. The van der Waals surface area contributed by atoms with Gasteiger partial charge in [0.05, 0.1) is 11.1 Å². The number of thiazole rings is 1. The van der Waals surface area contributed by atoms with E-state index in [0.29, 0.717) is 18.7 Å². The van der Waals surface area contributed by atoms with E-state index in [1.54, 1.807) is 6.92 Å². The summed E-state index contributed by atoms with van der Waals surface area (Å²) in [7, 11) is 0. The van der Waals surface area contributed by atoms with Crippen LogP contribution < -0.4 is 5.32 Å². The molecule has 0 aliphatic rings. The molecule has 0 saturated heterocycles. The van der Waals surface area contributed by atoms with Crippen LogP contribution in [-0.4, -0.2) is 28.6 Å². The largest absolute Gasteiger partial charge is 0.393 e. The minimum atomic E-state index is -0.342. The van der Waals surface area contributed by atoms with Gasteiger partial charge in [0.1, 0.15) is 5.69 Å². The van der Waals surface area contributed by atoms with Crippen molar-refractivity contribution in [2.75, 3.05) is 6.54 Å². The fourth-order valence-electron chi connectivity index (χ4n) is 2.45. The molecule has 1 aromatic carbocycles. The molecule has 1 aromatic heterocycles. The lowest BCUT2D eigenvalue weighted by Crippen LogP contribution is -2.29. The highest BCUT2D eigenvalue weighted by molar-refractivity contribution is 7.09. The summed E-state index contributed by atoms with van der Waals surface area (Å²) in [6.07, 6.45) is 2.12. The Labute approximate surface area is 141 Å². The molecule has 2 atom stereocenters. The van der Waals surface area contributed by atoms with Crippen LogP contribution in [-0.2, 0) is 12.8 Å². The average molecular weight is 332 g/mol. The average Bonchev–Trinajstić information content (AvgIpc) is 3.00.